The van der Waals surface area contributed by atoms with Crippen LogP contribution in [0.5, 0.6) is 0 Å². The molecular weight excluding hydrogens is 396 g/mol. The topological polar surface area (TPSA) is 73.8 Å². The van der Waals surface area contributed by atoms with Crippen molar-refractivity contribution < 1.29 is 4.42 Å². The van der Waals surface area contributed by atoms with Crippen LogP contribution in [0.3, 0.4) is 0 Å². The Morgan fingerprint density at radius 3 is 2.77 bits per heavy atom. The molecule has 0 atom stereocenters. The standard InChI is InChI=1S/C23H22N4O2S/c1-15-7-6-8-16(13-15)21-26-25-20(29-21)14-30-23-24-19-12-5-4-11-18(19)22(28)27(23)17-9-2-3-10-17/h4-8,11-13,17H,2-3,9-10,14H2,1H3. The van der Waals surface area contributed by atoms with Crippen LogP contribution in [0.1, 0.15) is 43.2 Å². The molecule has 0 N–H and O–H groups in total. The first kappa shape index (κ1) is 19.1. The van der Waals surface area contributed by atoms with Gasteiger partial charge in [-0.15, -0.1) is 10.2 Å². The van der Waals surface area contributed by atoms with Crippen molar-refractivity contribution in [3.63, 3.8) is 0 Å². The monoisotopic (exact) mass is 418 g/mol. The largest absolute Gasteiger partial charge is 0.420 e. The third-order valence-electron chi connectivity index (χ3n) is 5.52. The van der Waals surface area contributed by atoms with Crippen molar-refractivity contribution in [2.45, 2.75) is 49.6 Å². The van der Waals surface area contributed by atoms with Gasteiger partial charge in [-0.3, -0.25) is 9.36 Å². The Hall–Kier alpha value is -2.93. The summed E-state index contributed by atoms with van der Waals surface area (Å²) in [6.07, 6.45) is 4.34. The zero-order chi connectivity index (χ0) is 20.5. The Kier molecular flexibility index (Phi) is 5.12. The second-order valence-electron chi connectivity index (χ2n) is 7.68. The molecule has 0 radical (unpaired) electrons. The first-order valence-corrected chi connectivity index (χ1v) is 11.2. The lowest BCUT2D eigenvalue weighted by Gasteiger charge is -2.18. The van der Waals surface area contributed by atoms with Crippen LogP contribution in [0.4, 0.5) is 0 Å². The molecule has 0 aliphatic heterocycles. The Labute approximate surface area is 178 Å². The van der Waals surface area contributed by atoms with Gasteiger partial charge in [0, 0.05) is 11.6 Å². The zero-order valence-electron chi connectivity index (χ0n) is 16.7. The van der Waals surface area contributed by atoms with Gasteiger partial charge in [0.15, 0.2) is 5.16 Å². The van der Waals surface area contributed by atoms with Crippen LogP contribution in [0, 0.1) is 6.92 Å². The molecule has 2 heterocycles. The van der Waals surface area contributed by atoms with Crippen LogP contribution in [0.15, 0.2) is 62.9 Å². The maximum absolute atomic E-state index is 13.2. The molecule has 152 valence electrons. The van der Waals surface area contributed by atoms with Crippen LogP contribution in [0.25, 0.3) is 22.4 Å². The quantitative estimate of drug-likeness (QED) is 0.329. The molecule has 0 amide bonds. The van der Waals surface area contributed by atoms with Crippen molar-refractivity contribution >= 4 is 22.7 Å². The van der Waals surface area contributed by atoms with E-state index in [2.05, 4.69) is 10.2 Å². The van der Waals surface area contributed by atoms with E-state index in [4.69, 9.17) is 9.40 Å². The highest BCUT2D eigenvalue weighted by molar-refractivity contribution is 7.98. The number of rotatable bonds is 5. The molecule has 1 saturated carbocycles. The van der Waals surface area contributed by atoms with Crippen LogP contribution in [0.2, 0.25) is 0 Å². The summed E-state index contributed by atoms with van der Waals surface area (Å²) in [6, 6.07) is 15.7. The van der Waals surface area contributed by atoms with Crippen LogP contribution < -0.4 is 5.56 Å². The molecule has 1 fully saturated rings. The molecule has 1 aliphatic carbocycles. The summed E-state index contributed by atoms with van der Waals surface area (Å²) in [5.74, 6) is 1.50. The lowest BCUT2D eigenvalue weighted by molar-refractivity contribution is 0.457. The Bertz CT molecular complexity index is 1260. The van der Waals surface area contributed by atoms with Crippen molar-refractivity contribution in [1.29, 1.82) is 0 Å². The summed E-state index contributed by atoms with van der Waals surface area (Å²) in [5, 5.41) is 9.78. The predicted molar refractivity (Wildman–Crippen MR) is 118 cm³/mol. The van der Waals surface area contributed by atoms with E-state index in [0.29, 0.717) is 22.9 Å². The maximum atomic E-state index is 13.2. The first-order valence-electron chi connectivity index (χ1n) is 10.2. The minimum absolute atomic E-state index is 0.0426. The second-order valence-corrected chi connectivity index (χ2v) is 8.63. The molecule has 4 aromatic rings. The fourth-order valence-corrected chi connectivity index (χ4v) is 4.95. The molecule has 1 aliphatic rings. The molecular formula is C23H22N4O2S. The van der Waals surface area contributed by atoms with Crippen LogP contribution >= 0.6 is 11.8 Å². The predicted octanol–water partition coefficient (Wildman–Crippen LogP) is 5.16. The number of fused-ring (bicyclic) bond motifs is 1. The Morgan fingerprint density at radius 2 is 1.93 bits per heavy atom. The van der Waals surface area contributed by atoms with Crippen molar-refractivity contribution in [3.8, 4) is 11.5 Å². The first-order chi connectivity index (χ1) is 14.7. The van der Waals surface area contributed by atoms with Gasteiger partial charge in [-0.2, -0.15) is 0 Å². The van der Waals surface area contributed by atoms with Gasteiger partial charge in [0.2, 0.25) is 11.8 Å². The average molecular weight is 419 g/mol. The van der Waals surface area contributed by atoms with Gasteiger partial charge in [-0.05, 0) is 44.0 Å². The molecule has 6 nitrogen and oxygen atoms in total. The van der Waals surface area contributed by atoms with E-state index in [1.807, 2.05) is 60.0 Å². The number of aryl methyl sites for hydroxylation is 1. The minimum Gasteiger partial charge on any atom is -0.420 e. The number of nitrogens with zero attached hydrogens (tertiary/aromatic N) is 4. The summed E-state index contributed by atoms with van der Waals surface area (Å²) in [4.78, 5) is 18.0. The van der Waals surface area contributed by atoms with Crippen LogP contribution in [-0.4, -0.2) is 19.7 Å². The van der Waals surface area contributed by atoms with E-state index in [1.165, 1.54) is 11.8 Å². The highest BCUT2D eigenvalue weighted by Crippen LogP contribution is 2.33. The van der Waals surface area contributed by atoms with E-state index in [9.17, 15) is 4.79 Å². The third kappa shape index (κ3) is 3.65. The van der Waals surface area contributed by atoms with Crippen molar-refractivity contribution in [1.82, 2.24) is 19.7 Å². The van der Waals surface area contributed by atoms with Gasteiger partial charge < -0.3 is 4.42 Å². The average Bonchev–Trinajstić information content (AvgIpc) is 3.45. The van der Waals surface area contributed by atoms with Gasteiger partial charge in [0.1, 0.15) is 0 Å². The van der Waals surface area contributed by atoms with E-state index in [-0.39, 0.29) is 11.6 Å². The number of hydrogen-bond acceptors (Lipinski definition) is 6. The molecule has 0 unspecified atom stereocenters. The Balaban J connectivity index is 1.45. The summed E-state index contributed by atoms with van der Waals surface area (Å²) in [5.41, 5.74) is 2.82. The normalized spacial score (nSPS) is 14.6. The number of thioether (sulfide) groups is 1. The number of benzene rings is 2. The fourth-order valence-electron chi connectivity index (χ4n) is 4.04. The molecule has 0 bridgehead atoms. The number of hydrogen-bond donors (Lipinski definition) is 0. The van der Waals surface area contributed by atoms with Gasteiger partial charge in [-0.1, -0.05) is 54.4 Å². The minimum atomic E-state index is 0.0426. The lowest BCUT2D eigenvalue weighted by Crippen LogP contribution is -2.26. The molecule has 2 aromatic carbocycles. The van der Waals surface area contributed by atoms with Gasteiger partial charge in [-0.25, -0.2) is 4.98 Å². The smallest absolute Gasteiger partial charge is 0.262 e. The molecule has 0 spiro atoms. The molecule has 0 saturated heterocycles. The third-order valence-corrected chi connectivity index (χ3v) is 6.46. The summed E-state index contributed by atoms with van der Waals surface area (Å²) >= 11 is 1.48. The van der Waals surface area contributed by atoms with E-state index in [1.54, 1.807) is 0 Å². The Morgan fingerprint density at radius 1 is 1.10 bits per heavy atom. The van der Waals surface area contributed by atoms with Crippen molar-refractivity contribution in [2.75, 3.05) is 0 Å². The van der Waals surface area contributed by atoms with E-state index >= 15 is 0 Å². The number of aromatic nitrogens is 4. The van der Waals surface area contributed by atoms with E-state index in [0.717, 1.165) is 47.5 Å². The van der Waals surface area contributed by atoms with Crippen molar-refractivity contribution in [3.05, 3.63) is 70.3 Å². The van der Waals surface area contributed by atoms with E-state index < -0.39 is 0 Å². The van der Waals surface area contributed by atoms with Crippen molar-refractivity contribution in [2.24, 2.45) is 0 Å². The highest BCUT2D eigenvalue weighted by Gasteiger charge is 2.23. The summed E-state index contributed by atoms with van der Waals surface area (Å²) in [6.45, 7) is 2.03. The SMILES string of the molecule is Cc1cccc(-c2nnc(CSc3nc4ccccc4c(=O)n3C3CCCC3)o2)c1. The maximum Gasteiger partial charge on any atom is 0.262 e. The van der Waals surface area contributed by atoms with Gasteiger partial charge in [0.05, 0.1) is 16.7 Å². The molecule has 2 aromatic heterocycles. The van der Waals surface area contributed by atoms with Gasteiger partial charge in [0.25, 0.3) is 5.56 Å². The molecule has 30 heavy (non-hydrogen) atoms. The summed E-state index contributed by atoms with van der Waals surface area (Å²) in [7, 11) is 0. The fraction of sp³-hybridized carbons (Fsp3) is 0.304. The van der Waals surface area contributed by atoms with Gasteiger partial charge >= 0.3 is 0 Å². The second kappa shape index (κ2) is 8.07. The summed E-state index contributed by atoms with van der Waals surface area (Å²) < 4.78 is 7.76. The zero-order valence-corrected chi connectivity index (χ0v) is 17.6. The highest BCUT2D eigenvalue weighted by atomic mass is 32.2. The molecule has 7 heteroatoms. The molecule has 5 rings (SSSR count). The number of para-hydroxylation sites is 1. The van der Waals surface area contributed by atoms with Crippen LogP contribution in [-0.2, 0) is 5.75 Å². The lowest BCUT2D eigenvalue weighted by atomic mass is 10.1.